The van der Waals surface area contributed by atoms with Crippen LogP contribution < -0.4 is 10.2 Å². The number of nitrogens with zero attached hydrogens (tertiary/aromatic N) is 2. The Labute approximate surface area is 183 Å². The fourth-order valence-corrected chi connectivity index (χ4v) is 3.55. The summed E-state index contributed by atoms with van der Waals surface area (Å²) in [6.07, 6.45) is 0.590. The summed E-state index contributed by atoms with van der Waals surface area (Å²) in [7, 11) is 0. The van der Waals surface area contributed by atoms with Crippen molar-refractivity contribution in [3.8, 4) is 0 Å². The summed E-state index contributed by atoms with van der Waals surface area (Å²) in [5, 5.41) is 2.89. The van der Waals surface area contributed by atoms with Gasteiger partial charge in [0.15, 0.2) is 0 Å². The monoisotopic (exact) mass is 427 g/mol. The van der Waals surface area contributed by atoms with Gasteiger partial charge in [-0.1, -0.05) is 42.5 Å². The Kier molecular flexibility index (Phi) is 7.28. The molecule has 2 aromatic rings. The van der Waals surface area contributed by atoms with Crippen LogP contribution in [0.2, 0.25) is 0 Å². The Balaban J connectivity index is 1.64. The van der Waals surface area contributed by atoms with Gasteiger partial charge in [0.05, 0.1) is 5.69 Å². The lowest BCUT2D eigenvalue weighted by Gasteiger charge is -2.33. The maximum atomic E-state index is 14.4. The first-order valence-corrected chi connectivity index (χ1v) is 10.6. The molecule has 31 heavy (non-hydrogen) atoms. The van der Waals surface area contributed by atoms with E-state index < -0.39 is 23.5 Å². The first-order chi connectivity index (χ1) is 14.7. The van der Waals surface area contributed by atoms with Gasteiger partial charge < -0.3 is 10.1 Å². The van der Waals surface area contributed by atoms with Crippen LogP contribution in [0.3, 0.4) is 0 Å². The summed E-state index contributed by atoms with van der Waals surface area (Å²) in [6.45, 7) is 7.61. The van der Waals surface area contributed by atoms with Gasteiger partial charge in [0, 0.05) is 25.7 Å². The minimum Gasteiger partial charge on any atom is -0.443 e. The molecule has 3 amide bonds. The third kappa shape index (κ3) is 6.52. The number of piperidine rings is 1. The summed E-state index contributed by atoms with van der Waals surface area (Å²) in [6, 6.07) is 15.1. The number of amides is 3. The van der Waals surface area contributed by atoms with Gasteiger partial charge in [-0.3, -0.25) is 4.90 Å². The number of ether oxygens (including phenoxy) is 1. The fraction of sp³-hybridized carbons (Fsp3) is 0.417. The average Bonchev–Trinajstić information content (AvgIpc) is 2.70. The SMILES string of the molecule is CC(C)(C)OC(=O)N(C(=O)NC1CCN(Cc2ccccc2)CC1)c1ccccc1F. The summed E-state index contributed by atoms with van der Waals surface area (Å²) in [5.74, 6) is -0.666. The van der Waals surface area contributed by atoms with Crippen LogP contribution in [-0.4, -0.2) is 41.8 Å². The van der Waals surface area contributed by atoms with Crippen molar-refractivity contribution < 1.29 is 18.7 Å². The number of likely N-dealkylation sites (tertiary alicyclic amines) is 1. The molecular formula is C24H30FN3O3. The molecule has 1 saturated heterocycles. The Hall–Kier alpha value is -2.93. The number of hydrogen-bond acceptors (Lipinski definition) is 4. The van der Waals surface area contributed by atoms with E-state index >= 15 is 0 Å². The minimum atomic E-state index is -0.906. The maximum Gasteiger partial charge on any atom is 0.423 e. The van der Waals surface area contributed by atoms with E-state index in [0.717, 1.165) is 37.4 Å². The Morgan fingerprint density at radius 2 is 1.68 bits per heavy atom. The Morgan fingerprint density at radius 1 is 1.06 bits per heavy atom. The third-order valence-electron chi connectivity index (χ3n) is 5.04. The van der Waals surface area contributed by atoms with Crippen LogP contribution in [0.25, 0.3) is 0 Å². The van der Waals surface area contributed by atoms with Crippen molar-refractivity contribution in [2.24, 2.45) is 0 Å². The van der Waals surface area contributed by atoms with Crippen molar-refractivity contribution in [2.45, 2.75) is 51.8 Å². The highest BCUT2D eigenvalue weighted by atomic mass is 19.1. The zero-order chi connectivity index (χ0) is 22.4. The molecule has 2 aromatic carbocycles. The number of imide groups is 1. The number of rotatable bonds is 4. The second-order valence-corrected chi connectivity index (χ2v) is 8.75. The highest BCUT2D eigenvalue weighted by Gasteiger charge is 2.32. The summed E-state index contributed by atoms with van der Waals surface area (Å²) in [4.78, 5) is 28.8. The number of para-hydroxylation sites is 1. The Bertz CT molecular complexity index is 890. The number of hydrogen-bond donors (Lipinski definition) is 1. The second kappa shape index (κ2) is 9.92. The predicted molar refractivity (Wildman–Crippen MR) is 118 cm³/mol. The summed E-state index contributed by atoms with van der Waals surface area (Å²) < 4.78 is 19.7. The highest BCUT2D eigenvalue weighted by Crippen LogP contribution is 2.23. The molecule has 166 valence electrons. The van der Waals surface area contributed by atoms with Crippen molar-refractivity contribution in [1.29, 1.82) is 0 Å². The second-order valence-electron chi connectivity index (χ2n) is 8.75. The van der Waals surface area contributed by atoms with Gasteiger partial charge in [0.1, 0.15) is 11.4 Å². The molecule has 0 unspecified atom stereocenters. The molecule has 1 fully saturated rings. The molecule has 0 bridgehead atoms. The van der Waals surface area contributed by atoms with E-state index in [4.69, 9.17) is 4.74 Å². The predicted octanol–water partition coefficient (Wildman–Crippen LogP) is 4.94. The normalized spacial score (nSPS) is 15.4. The van der Waals surface area contributed by atoms with Gasteiger partial charge in [0.25, 0.3) is 0 Å². The lowest BCUT2D eigenvalue weighted by atomic mass is 10.0. The van der Waals surface area contributed by atoms with Crippen molar-refractivity contribution in [1.82, 2.24) is 10.2 Å². The van der Waals surface area contributed by atoms with E-state index in [0.29, 0.717) is 0 Å². The lowest BCUT2D eigenvalue weighted by molar-refractivity contribution is 0.0591. The minimum absolute atomic E-state index is 0.101. The molecule has 1 aliphatic rings. The molecule has 1 aliphatic heterocycles. The van der Waals surface area contributed by atoms with Crippen LogP contribution in [0.1, 0.15) is 39.2 Å². The summed E-state index contributed by atoms with van der Waals surface area (Å²) in [5.41, 5.74) is 0.306. The average molecular weight is 428 g/mol. The van der Waals surface area contributed by atoms with Gasteiger partial charge in [-0.15, -0.1) is 0 Å². The largest absolute Gasteiger partial charge is 0.443 e. The van der Waals surface area contributed by atoms with Gasteiger partial charge in [-0.2, -0.15) is 4.90 Å². The van der Waals surface area contributed by atoms with Crippen molar-refractivity contribution in [2.75, 3.05) is 18.0 Å². The van der Waals surface area contributed by atoms with Gasteiger partial charge in [0.2, 0.25) is 0 Å². The molecule has 7 heteroatoms. The molecule has 6 nitrogen and oxygen atoms in total. The van der Waals surface area contributed by atoms with E-state index in [2.05, 4.69) is 22.3 Å². The maximum absolute atomic E-state index is 14.4. The number of urea groups is 1. The molecule has 0 aromatic heterocycles. The van der Waals surface area contributed by atoms with Crippen molar-refractivity contribution in [3.63, 3.8) is 0 Å². The van der Waals surface area contributed by atoms with Crippen LogP contribution in [0.15, 0.2) is 54.6 Å². The number of halogens is 1. The standard InChI is InChI=1S/C24H30FN3O3/c1-24(2,3)31-23(30)28(21-12-8-7-11-20(21)25)22(29)26-19-13-15-27(16-14-19)17-18-9-5-4-6-10-18/h4-12,19H,13-17H2,1-3H3,(H,26,29). The van der Waals surface area contributed by atoms with Gasteiger partial charge in [-0.25, -0.2) is 14.0 Å². The zero-order valence-corrected chi connectivity index (χ0v) is 18.3. The molecule has 0 spiro atoms. The van der Waals surface area contributed by atoms with Crippen molar-refractivity contribution >= 4 is 17.8 Å². The first-order valence-electron chi connectivity index (χ1n) is 10.6. The van der Waals surface area contributed by atoms with E-state index in [1.54, 1.807) is 26.8 Å². The lowest BCUT2D eigenvalue weighted by Crippen LogP contribution is -2.52. The smallest absolute Gasteiger partial charge is 0.423 e. The van der Waals surface area contributed by atoms with Crippen LogP contribution >= 0.6 is 0 Å². The summed E-state index contributed by atoms with van der Waals surface area (Å²) >= 11 is 0. The van der Waals surface area contributed by atoms with E-state index in [1.807, 2.05) is 18.2 Å². The number of benzene rings is 2. The molecule has 0 radical (unpaired) electrons. The van der Waals surface area contributed by atoms with E-state index in [9.17, 15) is 14.0 Å². The number of carbonyl (C=O) groups is 2. The number of anilines is 1. The van der Waals surface area contributed by atoms with E-state index in [-0.39, 0.29) is 11.7 Å². The molecule has 0 aliphatic carbocycles. The molecule has 1 heterocycles. The number of carbonyl (C=O) groups excluding carboxylic acids is 2. The first kappa shape index (κ1) is 22.7. The van der Waals surface area contributed by atoms with Crippen molar-refractivity contribution in [3.05, 3.63) is 66.0 Å². The topological polar surface area (TPSA) is 61.9 Å². The Morgan fingerprint density at radius 3 is 2.29 bits per heavy atom. The quantitative estimate of drug-likeness (QED) is 0.751. The van der Waals surface area contributed by atoms with Crippen LogP contribution in [0, 0.1) is 5.82 Å². The molecular weight excluding hydrogens is 397 g/mol. The van der Waals surface area contributed by atoms with Gasteiger partial charge in [-0.05, 0) is 51.3 Å². The highest BCUT2D eigenvalue weighted by molar-refractivity contribution is 6.11. The third-order valence-corrected chi connectivity index (χ3v) is 5.04. The van der Waals surface area contributed by atoms with Crippen LogP contribution in [-0.2, 0) is 11.3 Å². The van der Waals surface area contributed by atoms with Crippen LogP contribution in [0.5, 0.6) is 0 Å². The van der Waals surface area contributed by atoms with E-state index in [1.165, 1.54) is 23.8 Å². The molecule has 1 N–H and O–H groups in total. The molecule has 3 rings (SSSR count). The van der Waals surface area contributed by atoms with Gasteiger partial charge >= 0.3 is 12.1 Å². The van der Waals surface area contributed by atoms with Crippen LogP contribution in [0.4, 0.5) is 19.7 Å². The zero-order valence-electron chi connectivity index (χ0n) is 18.3. The molecule has 0 atom stereocenters. The number of nitrogens with one attached hydrogen (secondary N) is 1. The fourth-order valence-electron chi connectivity index (χ4n) is 3.55. The molecule has 0 saturated carbocycles.